The molecule has 0 spiro atoms. The van der Waals surface area contributed by atoms with Crippen molar-refractivity contribution in [2.75, 3.05) is 13.6 Å². The molecule has 2 unspecified atom stereocenters. The molecule has 1 saturated carbocycles. The lowest BCUT2D eigenvalue weighted by atomic mass is 9.91. The molecule has 0 radical (unpaired) electrons. The van der Waals surface area contributed by atoms with E-state index in [9.17, 15) is 26.4 Å². The molecule has 2 aromatic carbocycles. The minimum atomic E-state index is -4.16. The summed E-state index contributed by atoms with van der Waals surface area (Å²) in [5.74, 6) is -3.70. The highest BCUT2D eigenvalue weighted by molar-refractivity contribution is 7.89. The number of aryl methyl sites for hydroxylation is 1. The highest BCUT2D eigenvalue weighted by Crippen LogP contribution is 2.38. The second kappa shape index (κ2) is 9.58. The largest absolute Gasteiger partial charge is 0.341 e. The van der Waals surface area contributed by atoms with Gasteiger partial charge in [-0.2, -0.15) is 4.31 Å². The maximum atomic E-state index is 14.7. The van der Waals surface area contributed by atoms with Gasteiger partial charge in [0.15, 0.2) is 0 Å². The van der Waals surface area contributed by atoms with E-state index in [0.29, 0.717) is 6.42 Å². The van der Waals surface area contributed by atoms with Crippen molar-refractivity contribution >= 4 is 15.9 Å². The van der Waals surface area contributed by atoms with Crippen LogP contribution in [0, 0.1) is 18.7 Å². The standard InChI is InChI=1S/C26H31F3N2O3S/c1-17-8-9-24(21(14-17)20-6-4-5-7-22(20)27)35(33,34)31-16-18(2)15-23(31)25(32)30(3)19-10-12-26(28,29)13-11-19/h4-9,14,18-19,23H,10-13,15-16H2,1-3H3. The second-order valence-electron chi connectivity index (χ2n) is 9.95. The molecule has 2 atom stereocenters. The number of nitrogens with zero attached hydrogens (tertiary/aromatic N) is 2. The molecule has 1 aliphatic heterocycles. The average Bonchev–Trinajstić information content (AvgIpc) is 3.21. The Balaban J connectivity index is 1.67. The first-order valence-corrected chi connectivity index (χ1v) is 13.4. The Kier molecular flexibility index (Phi) is 7.03. The summed E-state index contributed by atoms with van der Waals surface area (Å²) < 4.78 is 71.0. The molecule has 4 rings (SSSR count). The summed E-state index contributed by atoms with van der Waals surface area (Å²) in [6.07, 6.45) is 0.132. The first-order valence-electron chi connectivity index (χ1n) is 11.9. The molecule has 2 fully saturated rings. The Morgan fingerprint density at radius 2 is 1.74 bits per heavy atom. The highest BCUT2D eigenvalue weighted by Gasteiger charge is 2.46. The predicted octanol–water partition coefficient (Wildman–Crippen LogP) is 5.24. The lowest BCUT2D eigenvalue weighted by Crippen LogP contribution is -2.50. The second-order valence-corrected chi connectivity index (χ2v) is 11.8. The van der Waals surface area contributed by atoms with Crippen LogP contribution in [-0.2, 0) is 14.8 Å². The number of likely N-dealkylation sites (N-methyl/N-ethyl adjacent to an activating group) is 1. The molecule has 2 aromatic rings. The van der Waals surface area contributed by atoms with Crippen LogP contribution >= 0.6 is 0 Å². The number of halogens is 3. The van der Waals surface area contributed by atoms with Crippen LogP contribution in [0.4, 0.5) is 13.2 Å². The van der Waals surface area contributed by atoms with Crippen LogP contribution < -0.4 is 0 Å². The lowest BCUT2D eigenvalue weighted by Gasteiger charge is -2.37. The molecule has 1 amide bonds. The number of carbonyl (C=O) groups excluding carboxylic acids is 1. The zero-order valence-electron chi connectivity index (χ0n) is 20.2. The van der Waals surface area contributed by atoms with Gasteiger partial charge in [-0.3, -0.25) is 4.79 Å². The van der Waals surface area contributed by atoms with Crippen molar-refractivity contribution < 1.29 is 26.4 Å². The molecule has 5 nitrogen and oxygen atoms in total. The fraction of sp³-hybridized carbons (Fsp3) is 0.500. The third-order valence-corrected chi connectivity index (χ3v) is 9.15. The topological polar surface area (TPSA) is 57.7 Å². The van der Waals surface area contributed by atoms with E-state index >= 15 is 0 Å². The van der Waals surface area contributed by atoms with E-state index in [0.717, 1.165) is 5.56 Å². The molecule has 1 saturated heterocycles. The average molecular weight is 509 g/mol. The number of hydrogen-bond donors (Lipinski definition) is 0. The van der Waals surface area contributed by atoms with Gasteiger partial charge in [-0.05, 0) is 50.3 Å². The Bertz CT molecular complexity index is 1210. The van der Waals surface area contributed by atoms with E-state index in [2.05, 4.69) is 0 Å². The minimum Gasteiger partial charge on any atom is -0.341 e. The maximum absolute atomic E-state index is 14.7. The molecule has 1 heterocycles. The summed E-state index contributed by atoms with van der Waals surface area (Å²) in [5, 5.41) is 0. The summed E-state index contributed by atoms with van der Waals surface area (Å²) in [4.78, 5) is 14.9. The van der Waals surface area contributed by atoms with Gasteiger partial charge in [-0.1, -0.05) is 36.8 Å². The molecule has 0 bridgehead atoms. The van der Waals surface area contributed by atoms with Crippen LogP contribution in [0.15, 0.2) is 47.4 Å². The van der Waals surface area contributed by atoms with Gasteiger partial charge in [0.25, 0.3) is 0 Å². The zero-order chi connectivity index (χ0) is 25.5. The van der Waals surface area contributed by atoms with E-state index in [1.165, 1.54) is 33.5 Å². The molecule has 0 aromatic heterocycles. The van der Waals surface area contributed by atoms with Gasteiger partial charge in [0, 0.05) is 43.6 Å². The van der Waals surface area contributed by atoms with E-state index < -0.39 is 27.8 Å². The van der Waals surface area contributed by atoms with Gasteiger partial charge < -0.3 is 4.90 Å². The summed E-state index contributed by atoms with van der Waals surface area (Å²) in [6, 6.07) is 9.46. The number of carbonyl (C=O) groups is 1. The van der Waals surface area contributed by atoms with Crippen LogP contribution in [0.25, 0.3) is 11.1 Å². The number of hydrogen-bond acceptors (Lipinski definition) is 3. The number of alkyl halides is 2. The molecule has 0 N–H and O–H groups in total. The SMILES string of the molecule is Cc1ccc(S(=O)(=O)N2CC(C)CC2C(=O)N(C)C2CCC(F)(F)CC2)c(-c2ccccc2F)c1. The Hall–Kier alpha value is -2.39. The first-order chi connectivity index (χ1) is 16.4. The van der Waals surface area contributed by atoms with E-state index in [1.807, 2.05) is 6.92 Å². The molecule has 2 aliphatic rings. The van der Waals surface area contributed by atoms with Crippen LogP contribution in [0.5, 0.6) is 0 Å². The van der Waals surface area contributed by atoms with Crippen molar-refractivity contribution in [2.24, 2.45) is 5.92 Å². The number of amides is 1. The van der Waals surface area contributed by atoms with E-state index in [1.54, 1.807) is 32.2 Å². The number of rotatable bonds is 5. The fourth-order valence-electron chi connectivity index (χ4n) is 5.21. The molecule has 35 heavy (non-hydrogen) atoms. The summed E-state index contributed by atoms with van der Waals surface area (Å²) >= 11 is 0. The maximum Gasteiger partial charge on any atom is 0.248 e. The lowest BCUT2D eigenvalue weighted by molar-refractivity contribution is -0.138. The summed E-state index contributed by atoms with van der Waals surface area (Å²) in [7, 11) is -2.59. The highest BCUT2D eigenvalue weighted by atomic mass is 32.2. The van der Waals surface area contributed by atoms with Crippen LogP contribution in [0.3, 0.4) is 0 Å². The monoisotopic (exact) mass is 508 g/mol. The molecular weight excluding hydrogens is 477 g/mol. The van der Waals surface area contributed by atoms with Crippen molar-refractivity contribution in [2.45, 2.75) is 68.9 Å². The van der Waals surface area contributed by atoms with Gasteiger partial charge in [0.05, 0.1) is 4.90 Å². The van der Waals surface area contributed by atoms with Crippen LogP contribution in [-0.4, -0.2) is 55.1 Å². The molecule has 9 heteroatoms. The van der Waals surface area contributed by atoms with Gasteiger partial charge in [-0.15, -0.1) is 0 Å². The van der Waals surface area contributed by atoms with Crippen LogP contribution in [0.1, 0.15) is 44.6 Å². The van der Waals surface area contributed by atoms with Gasteiger partial charge >= 0.3 is 0 Å². The summed E-state index contributed by atoms with van der Waals surface area (Å²) in [5.41, 5.74) is 1.19. The Morgan fingerprint density at radius 1 is 1.09 bits per heavy atom. The normalized spacial score (nSPS) is 23.4. The minimum absolute atomic E-state index is 0.0555. The third-order valence-electron chi connectivity index (χ3n) is 7.22. The van der Waals surface area contributed by atoms with Crippen LogP contribution in [0.2, 0.25) is 0 Å². The van der Waals surface area contributed by atoms with E-state index in [-0.39, 0.29) is 66.1 Å². The molecule has 1 aliphatic carbocycles. The predicted molar refractivity (Wildman–Crippen MR) is 128 cm³/mol. The third kappa shape index (κ3) is 5.11. The molecular formula is C26H31F3N2O3S. The van der Waals surface area contributed by atoms with Crippen molar-refractivity contribution in [3.8, 4) is 11.1 Å². The number of sulfonamides is 1. The van der Waals surface area contributed by atoms with Gasteiger partial charge in [0.1, 0.15) is 11.9 Å². The quantitative estimate of drug-likeness (QED) is 0.555. The zero-order valence-corrected chi connectivity index (χ0v) is 21.0. The fourth-order valence-corrected chi connectivity index (χ4v) is 7.11. The van der Waals surface area contributed by atoms with Gasteiger partial charge in [-0.25, -0.2) is 21.6 Å². The molecule has 190 valence electrons. The van der Waals surface area contributed by atoms with Crippen molar-refractivity contribution in [1.82, 2.24) is 9.21 Å². The number of benzene rings is 2. The van der Waals surface area contributed by atoms with Crippen molar-refractivity contribution in [3.05, 3.63) is 53.8 Å². The van der Waals surface area contributed by atoms with Gasteiger partial charge in [0.2, 0.25) is 21.9 Å². The first kappa shape index (κ1) is 25.7. The summed E-state index contributed by atoms with van der Waals surface area (Å²) in [6.45, 7) is 3.83. The Morgan fingerprint density at radius 3 is 2.40 bits per heavy atom. The van der Waals surface area contributed by atoms with E-state index in [4.69, 9.17) is 0 Å². The van der Waals surface area contributed by atoms with Crippen molar-refractivity contribution in [1.29, 1.82) is 0 Å². The van der Waals surface area contributed by atoms with Crippen molar-refractivity contribution in [3.63, 3.8) is 0 Å². The Labute approximate surface area is 205 Å². The smallest absolute Gasteiger partial charge is 0.248 e.